The number of hydrogen-bond acceptors (Lipinski definition) is 0. The molecule has 3 aromatic carbocycles. The molecule has 0 saturated heterocycles. The van der Waals surface area contributed by atoms with Crippen molar-refractivity contribution in [1.82, 2.24) is 4.98 Å². The van der Waals surface area contributed by atoms with E-state index < -0.39 is 0 Å². The van der Waals surface area contributed by atoms with Gasteiger partial charge in [-0.3, -0.25) is 0 Å². The molecule has 24 heavy (non-hydrogen) atoms. The number of benzene rings is 3. The van der Waals surface area contributed by atoms with E-state index in [0.29, 0.717) is 0 Å². The van der Waals surface area contributed by atoms with Crippen molar-refractivity contribution in [3.05, 3.63) is 70.7 Å². The van der Waals surface area contributed by atoms with Crippen LogP contribution in [0.5, 0.6) is 0 Å². The van der Waals surface area contributed by atoms with E-state index in [0.717, 1.165) is 0 Å². The third-order valence-corrected chi connectivity index (χ3v) is 5.19. The number of fused-ring (bicyclic) bond motifs is 3. The highest BCUT2D eigenvalue weighted by atomic mass is 79.9. The van der Waals surface area contributed by atoms with Crippen molar-refractivity contribution in [3.63, 3.8) is 0 Å². The van der Waals surface area contributed by atoms with Gasteiger partial charge in [0.2, 0.25) is 0 Å². The highest BCUT2D eigenvalue weighted by Gasteiger charge is 2.25. The van der Waals surface area contributed by atoms with Crippen LogP contribution < -0.4 is 0 Å². The van der Waals surface area contributed by atoms with Gasteiger partial charge in [-0.1, -0.05) is 85.2 Å². The first kappa shape index (κ1) is 15.5. The lowest BCUT2D eigenvalue weighted by molar-refractivity contribution is 0.589. The van der Waals surface area contributed by atoms with Crippen LogP contribution in [0.4, 0.5) is 0 Å². The summed E-state index contributed by atoms with van der Waals surface area (Å²) in [5, 5.41) is 2.54. The highest BCUT2D eigenvalue weighted by molar-refractivity contribution is 9.10. The molecule has 4 aromatic rings. The van der Waals surface area contributed by atoms with E-state index in [1.54, 1.807) is 0 Å². The molecule has 0 aliphatic carbocycles. The van der Waals surface area contributed by atoms with Crippen molar-refractivity contribution in [2.75, 3.05) is 0 Å². The molecule has 1 heterocycles. The minimum Gasteiger partial charge on any atom is -0.354 e. The van der Waals surface area contributed by atoms with E-state index in [4.69, 9.17) is 0 Å². The average molecular weight is 378 g/mol. The molecule has 0 atom stereocenters. The fraction of sp³-hybridized carbons (Fsp3) is 0.182. The van der Waals surface area contributed by atoms with Crippen LogP contribution in [0, 0.1) is 0 Å². The molecular weight excluding hydrogens is 358 g/mol. The summed E-state index contributed by atoms with van der Waals surface area (Å²) in [6.45, 7) is 6.82. The van der Waals surface area contributed by atoms with Crippen LogP contribution in [0.15, 0.2) is 65.1 Å². The van der Waals surface area contributed by atoms with Crippen molar-refractivity contribution in [2.24, 2.45) is 0 Å². The van der Waals surface area contributed by atoms with Gasteiger partial charge in [-0.05, 0) is 28.7 Å². The van der Waals surface area contributed by atoms with Crippen molar-refractivity contribution in [1.29, 1.82) is 0 Å². The topological polar surface area (TPSA) is 15.8 Å². The SMILES string of the molecule is CC(C)(C)c1c(Br)cc2c([nH]c3ccccc32)c1-c1ccccc1. The average Bonchev–Trinajstić information content (AvgIpc) is 2.92. The molecule has 0 spiro atoms. The fourth-order valence-corrected chi connectivity index (χ4v) is 4.60. The summed E-state index contributed by atoms with van der Waals surface area (Å²) < 4.78 is 1.17. The van der Waals surface area contributed by atoms with Crippen molar-refractivity contribution < 1.29 is 0 Å². The normalized spacial score (nSPS) is 12.2. The van der Waals surface area contributed by atoms with Crippen LogP contribution in [-0.4, -0.2) is 4.98 Å². The van der Waals surface area contributed by atoms with E-state index >= 15 is 0 Å². The Morgan fingerprint density at radius 2 is 1.50 bits per heavy atom. The van der Waals surface area contributed by atoms with Crippen molar-refractivity contribution in [2.45, 2.75) is 26.2 Å². The van der Waals surface area contributed by atoms with Crippen molar-refractivity contribution in [3.8, 4) is 11.1 Å². The van der Waals surface area contributed by atoms with Gasteiger partial charge in [0.05, 0.1) is 5.52 Å². The zero-order valence-corrected chi connectivity index (χ0v) is 15.7. The lowest BCUT2D eigenvalue weighted by Crippen LogP contribution is -2.14. The number of aromatic amines is 1. The maximum atomic E-state index is 3.86. The summed E-state index contributed by atoms with van der Waals surface area (Å²) in [6, 6.07) is 21.5. The first-order chi connectivity index (χ1) is 11.5. The van der Waals surface area contributed by atoms with Crippen LogP contribution in [0.1, 0.15) is 26.3 Å². The molecule has 1 N–H and O–H groups in total. The fourth-order valence-electron chi connectivity index (χ4n) is 3.58. The maximum Gasteiger partial charge on any atom is 0.0548 e. The zero-order chi connectivity index (χ0) is 16.9. The second-order valence-electron chi connectivity index (χ2n) is 7.32. The summed E-state index contributed by atoms with van der Waals surface area (Å²) in [7, 11) is 0. The molecule has 1 nitrogen and oxygen atoms in total. The Labute approximate surface area is 150 Å². The maximum absolute atomic E-state index is 3.86. The van der Waals surface area contributed by atoms with Crippen LogP contribution >= 0.6 is 15.9 Å². The number of nitrogens with one attached hydrogen (secondary N) is 1. The molecule has 0 unspecified atom stereocenters. The standard InChI is InChI=1S/C22H20BrN/c1-22(2,3)20-17(23)13-16-15-11-7-8-12-18(15)24-21(16)19(20)14-9-5-4-6-10-14/h4-13,24H,1-3H3. The third kappa shape index (κ3) is 2.37. The summed E-state index contributed by atoms with van der Waals surface area (Å²) >= 11 is 3.86. The van der Waals surface area contributed by atoms with E-state index in [9.17, 15) is 0 Å². The largest absolute Gasteiger partial charge is 0.354 e. The van der Waals surface area contributed by atoms with Gasteiger partial charge < -0.3 is 4.98 Å². The third-order valence-electron chi connectivity index (χ3n) is 4.57. The molecule has 4 rings (SSSR count). The number of halogens is 1. The number of aromatic nitrogens is 1. The second kappa shape index (κ2) is 5.49. The predicted molar refractivity (Wildman–Crippen MR) is 108 cm³/mol. The van der Waals surface area contributed by atoms with Gasteiger partial charge in [-0.15, -0.1) is 0 Å². The lowest BCUT2D eigenvalue weighted by atomic mass is 9.81. The molecular formula is C22H20BrN. The Bertz CT molecular complexity index is 1040. The van der Waals surface area contributed by atoms with Gasteiger partial charge in [-0.25, -0.2) is 0 Å². The van der Waals surface area contributed by atoms with Gasteiger partial charge in [-0.2, -0.15) is 0 Å². The first-order valence-electron chi connectivity index (χ1n) is 8.25. The Morgan fingerprint density at radius 1 is 0.833 bits per heavy atom. The molecule has 120 valence electrons. The van der Waals surface area contributed by atoms with Crippen LogP contribution in [-0.2, 0) is 5.41 Å². The van der Waals surface area contributed by atoms with Gasteiger partial charge in [0.25, 0.3) is 0 Å². The summed E-state index contributed by atoms with van der Waals surface area (Å²) in [4.78, 5) is 3.66. The highest BCUT2D eigenvalue weighted by Crippen LogP contribution is 2.44. The van der Waals surface area contributed by atoms with Gasteiger partial charge in [0.1, 0.15) is 0 Å². The van der Waals surface area contributed by atoms with E-state index in [1.807, 2.05) is 0 Å². The number of para-hydroxylation sites is 1. The van der Waals surface area contributed by atoms with Gasteiger partial charge in [0, 0.05) is 26.3 Å². The van der Waals surface area contributed by atoms with Crippen molar-refractivity contribution >= 4 is 37.7 Å². The zero-order valence-electron chi connectivity index (χ0n) is 14.2. The molecule has 0 amide bonds. The second-order valence-corrected chi connectivity index (χ2v) is 8.17. The number of H-pyrrole nitrogens is 1. The number of hydrogen-bond donors (Lipinski definition) is 1. The molecule has 0 aliphatic rings. The summed E-state index contributed by atoms with van der Waals surface area (Å²) in [5.41, 5.74) is 6.32. The lowest BCUT2D eigenvalue weighted by Gasteiger charge is -2.25. The molecule has 0 aliphatic heterocycles. The Hall–Kier alpha value is -2.06. The smallest absolute Gasteiger partial charge is 0.0548 e. The molecule has 1 aromatic heterocycles. The molecule has 0 radical (unpaired) electrons. The van der Waals surface area contributed by atoms with Gasteiger partial charge >= 0.3 is 0 Å². The van der Waals surface area contributed by atoms with E-state index in [-0.39, 0.29) is 5.41 Å². The van der Waals surface area contributed by atoms with Crippen LogP contribution in [0.2, 0.25) is 0 Å². The molecule has 0 saturated carbocycles. The number of rotatable bonds is 1. The van der Waals surface area contributed by atoms with Crippen LogP contribution in [0.25, 0.3) is 32.9 Å². The van der Waals surface area contributed by atoms with E-state index in [2.05, 4.69) is 102 Å². The van der Waals surface area contributed by atoms with Gasteiger partial charge in [0.15, 0.2) is 0 Å². The summed E-state index contributed by atoms with van der Waals surface area (Å²) in [6.07, 6.45) is 0. The minimum atomic E-state index is 0.0372. The first-order valence-corrected chi connectivity index (χ1v) is 9.05. The predicted octanol–water partition coefficient (Wildman–Crippen LogP) is 7.05. The quantitative estimate of drug-likeness (QED) is 0.365. The molecule has 0 bridgehead atoms. The summed E-state index contributed by atoms with van der Waals surface area (Å²) in [5.74, 6) is 0. The molecule has 0 fully saturated rings. The Balaban J connectivity index is 2.23. The monoisotopic (exact) mass is 377 g/mol. The van der Waals surface area contributed by atoms with Crippen LogP contribution in [0.3, 0.4) is 0 Å². The Morgan fingerprint density at radius 3 is 2.21 bits per heavy atom. The molecule has 2 heteroatoms. The Kier molecular flexibility index (Phi) is 3.54. The van der Waals surface area contributed by atoms with E-state index in [1.165, 1.54) is 43.0 Å². The minimum absolute atomic E-state index is 0.0372.